The third-order valence-electron chi connectivity index (χ3n) is 4.89. The molecule has 0 aliphatic rings. The molecule has 0 atom stereocenters. The number of carboxylic acid groups (broad SMARTS) is 1. The van der Waals surface area contributed by atoms with Crippen LogP contribution >= 0.6 is 22.9 Å². The van der Waals surface area contributed by atoms with E-state index in [-0.39, 0.29) is 5.56 Å². The van der Waals surface area contributed by atoms with Crippen LogP contribution in [0.4, 0.5) is 5.13 Å². The van der Waals surface area contributed by atoms with Gasteiger partial charge in [-0.25, -0.2) is 9.78 Å². The highest BCUT2D eigenvalue weighted by molar-refractivity contribution is 7.14. The van der Waals surface area contributed by atoms with E-state index in [1.54, 1.807) is 12.1 Å². The molecule has 32 heavy (non-hydrogen) atoms. The van der Waals surface area contributed by atoms with E-state index in [2.05, 4.69) is 0 Å². The molecule has 0 aliphatic heterocycles. The normalized spacial score (nSPS) is 10.7. The van der Waals surface area contributed by atoms with Crippen molar-refractivity contribution in [1.29, 1.82) is 0 Å². The third kappa shape index (κ3) is 5.28. The van der Waals surface area contributed by atoms with Crippen LogP contribution in [0.1, 0.15) is 21.5 Å². The molecule has 0 bridgehead atoms. The van der Waals surface area contributed by atoms with E-state index in [0.717, 1.165) is 33.3 Å². The molecule has 7 heteroatoms. The molecule has 0 unspecified atom stereocenters. The summed E-state index contributed by atoms with van der Waals surface area (Å²) in [7, 11) is 1.96. The van der Waals surface area contributed by atoms with E-state index in [1.807, 2.05) is 78.0 Å². The summed E-state index contributed by atoms with van der Waals surface area (Å²) in [5.74, 6) is -0.205. The first-order valence-electron chi connectivity index (χ1n) is 9.95. The van der Waals surface area contributed by atoms with E-state index in [9.17, 15) is 4.79 Å². The molecule has 0 radical (unpaired) electrons. The molecule has 5 nitrogen and oxygen atoms in total. The highest BCUT2D eigenvalue weighted by Crippen LogP contribution is 2.35. The molecule has 0 spiro atoms. The Hall–Kier alpha value is -3.35. The lowest BCUT2D eigenvalue weighted by Gasteiger charge is -2.16. The van der Waals surface area contributed by atoms with Crippen LogP contribution in [-0.4, -0.2) is 23.1 Å². The molecule has 0 aliphatic carbocycles. The molecule has 4 aromatic rings. The lowest BCUT2D eigenvalue weighted by molar-refractivity contribution is 0.0697. The van der Waals surface area contributed by atoms with Crippen molar-refractivity contribution < 1.29 is 14.6 Å². The van der Waals surface area contributed by atoms with Gasteiger partial charge in [-0.1, -0.05) is 54.1 Å². The van der Waals surface area contributed by atoms with Gasteiger partial charge in [-0.15, -0.1) is 11.3 Å². The maximum atomic E-state index is 11.0. The minimum atomic E-state index is -0.929. The summed E-state index contributed by atoms with van der Waals surface area (Å²) in [4.78, 5) is 17.9. The second-order valence-corrected chi connectivity index (χ2v) is 8.56. The van der Waals surface area contributed by atoms with Gasteiger partial charge in [-0.2, -0.15) is 0 Å². The number of halogens is 1. The summed E-state index contributed by atoms with van der Waals surface area (Å²) < 4.78 is 6.07. The maximum absolute atomic E-state index is 11.0. The fraction of sp³-hybridized carbons (Fsp3) is 0.120. The van der Waals surface area contributed by atoms with Gasteiger partial charge in [-0.3, -0.25) is 0 Å². The number of carbonyl (C=O) groups is 1. The third-order valence-corrected chi connectivity index (χ3v) is 6.08. The zero-order valence-corrected chi connectivity index (χ0v) is 18.9. The molecule has 162 valence electrons. The van der Waals surface area contributed by atoms with Gasteiger partial charge < -0.3 is 14.7 Å². The Bertz CT molecular complexity index is 1210. The minimum absolute atomic E-state index is 0.275. The highest BCUT2D eigenvalue weighted by Gasteiger charge is 2.14. The highest BCUT2D eigenvalue weighted by atomic mass is 35.5. The average Bonchev–Trinajstić information content (AvgIpc) is 3.30. The number of hydrogen-bond acceptors (Lipinski definition) is 5. The van der Waals surface area contributed by atoms with Gasteiger partial charge in [0.1, 0.15) is 12.4 Å². The maximum Gasteiger partial charge on any atom is 0.335 e. The van der Waals surface area contributed by atoms with Gasteiger partial charge in [0.2, 0.25) is 0 Å². The molecule has 1 aromatic heterocycles. The number of benzene rings is 3. The molecule has 0 amide bonds. The van der Waals surface area contributed by atoms with Crippen molar-refractivity contribution >= 4 is 34.0 Å². The zero-order chi connectivity index (χ0) is 22.5. The number of aromatic nitrogens is 1. The Balaban J connectivity index is 1.51. The molecule has 0 saturated carbocycles. The number of carboxylic acids is 1. The van der Waals surface area contributed by atoms with Gasteiger partial charge in [0.15, 0.2) is 5.13 Å². The van der Waals surface area contributed by atoms with Crippen LogP contribution in [0.5, 0.6) is 5.75 Å². The number of aromatic carboxylic acids is 1. The monoisotopic (exact) mass is 464 g/mol. The van der Waals surface area contributed by atoms with Gasteiger partial charge in [0.05, 0.1) is 11.3 Å². The molecular formula is C25H21ClN2O3S. The minimum Gasteiger partial charge on any atom is -0.488 e. The molecule has 4 rings (SSSR count). The largest absolute Gasteiger partial charge is 0.488 e. The van der Waals surface area contributed by atoms with Gasteiger partial charge in [-0.05, 0) is 41.5 Å². The van der Waals surface area contributed by atoms with Crippen molar-refractivity contribution in [3.63, 3.8) is 0 Å². The van der Waals surface area contributed by atoms with Crippen molar-refractivity contribution in [1.82, 2.24) is 4.98 Å². The van der Waals surface area contributed by atoms with E-state index in [0.29, 0.717) is 18.2 Å². The molecule has 3 aromatic carbocycles. The summed E-state index contributed by atoms with van der Waals surface area (Å²) in [6.45, 7) is 1.07. The number of nitrogens with zero attached hydrogens (tertiary/aromatic N) is 2. The van der Waals surface area contributed by atoms with Crippen LogP contribution in [0, 0.1) is 0 Å². The summed E-state index contributed by atoms with van der Waals surface area (Å²) in [5, 5.41) is 12.5. The standard InChI is InChI=1S/C25H21ClN2O3S/c1-28(14-17-7-9-19(10-8-17)24(29)30)25-27-22(16-32-25)21-13-20(26)11-12-23(21)31-15-18-5-3-2-4-6-18/h2-13,16H,14-15H2,1H3,(H,29,30). The Morgan fingerprint density at radius 1 is 1.06 bits per heavy atom. The lowest BCUT2D eigenvalue weighted by Crippen LogP contribution is -2.16. The van der Waals surface area contributed by atoms with Gasteiger partial charge in [0, 0.05) is 29.6 Å². The van der Waals surface area contributed by atoms with E-state index >= 15 is 0 Å². The quantitative estimate of drug-likeness (QED) is 0.328. The van der Waals surface area contributed by atoms with Crippen LogP contribution in [-0.2, 0) is 13.2 Å². The van der Waals surface area contributed by atoms with Crippen molar-refractivity contribution in [2.45, 2.75) is 13.2 Å². The fourth-order valence-corrected chi connectivity index (χ4v) is 4.19. The first-order chi connectivity index (χ1) is 15.5. The molecule has 0 fully saturated rings. The number of hydrogen-bond donors (Lipinski definition) is 1. The Morgan fingerprint density at radius 3 is 2.53 bits per heavy atom. The average molecular weight is 465 g/mol. The predicted octanol–water partition coefficient (Wildman–Crippen LogP) is 6.38. The topological polar surface area (TPSA) is 62.7 Å². The van der Waals surface area contributed by atoms with Crippen molar-refractivity contribution in [3.05, 3.63) is 99.9 Å². The first-order valence-corrected chi connectivity index (χ1v) is 11.2. The van der Waals surface area contributed by atoms with E-state index in [4.69, 9.17) is 26.4 Å². The number of anilines is 1. The summed E-state index contributed by atoms with van der Waals surface area (Å²) >= 11 is 7.79. The second kappa shape index (κ2) is 9.85. The van der Waals surface area contributed by atoms with E-state index < -0.39 is 5.97 Å². The van der Waals surface area contributed by atoms with Crippen molar-refractivity contribution in [2.24, 2.45) is 0 Å². The van der Waals surface area contributed by atoms with Crippen LogP contribution < -0.4 is 9.64 Å². The second-order valence-electron chi connectivity index (χ2n) is 7.29. The van der Waals surface area contributed by atoms with E-state index in [1.165, 1.54) is 11.3 Å². The number of thiazole rings is 1. The van der Waals surface area contributed by atoms with Crippen LogP contribution in [0.2, 0.25) is 5.02 Å². The number of rotatable bonds is 8. The Morgan fingerprint density at radius 2 is 1.81 bits per heavy atom. The zero-order valence-electron chi connectivity index (χ0n) is 17.4. The Kier molecular flexibility index (Phi) is 6.73. The number of ether oxygens (including phenoxy) is 1. The first kappa shape index (κ1) is 21.9. The van der Waals surface area contributed by atoms with Gasteiger partial charge >= 0.3 is 5.97 Å². The summed E-state index contributed by atoms with van der Waals surface area (Å²) in [6, 6.07) is 22.4. The van der Waals surface area contributed by atoms with Gasteiger partial charge in [0.25, 0.3) is 0 Å². The van der Waals surface area contributed by atoms with Crippen molar-refractivity contribution in [2.75, 3.05) is 11.9 Å². The summed E-state index contributed by atoms with van der Waals surface area (Å²) in [6.07, 6.45) is 0. The van der Waals surface area contributed by atoms with Crippen LogP contribution in [0.3, 0.4) is 0 Å². The molecule has 1 N–H and O–H groups in total. The van der Waals surface area contributed by atoms with Crippen molar-refractivity contribution in [3.8, 4) is 17.0 Å². The summed E-state index contributed by atoms with van der Waals surface area (Å²) in [5.41, 5.74) is 4.00. The van der Waals surface area contributed by atoms with Crippen LogP contribution in [0.25, 0.3) is 11.3 Å². The fourth-order valence-electron chi connectivity index (χ4n) is 3.22. The SMILES string of the molecule is CN(Cc1ccc(C(=O)O)cc1)c1nc(-c2cc(Cl)ccc2OCc2ccccc2)cs1. The molecule has 0 saturated heterocycles. The van der Waals surface area contributed by atoms with Crippen LogP contribution in [0.15, 0.2) is 78.2 Å². The Labute approximate surface area is 195 Å². The molecule has 1 heterocycles. The molecular weight excluding hydrogens is 444 g/mol. The predicted molar refractivity (Wildman–Crippen MR) is 129 cm³/mol. The lowest BCUT2D eigenvalue weighted by atomic mass is 10.1. The smallest absolute Gasteiger partial charge is 0.335 e.